The van der Waals surface area contributed by atoms with Crippen molar-refractivity contribution < 1.29 is 14.3 Å². The first kappa shape index (κ1) is 16.1. The van der Waals surface area contributed by atoms with Gasteiger partial charge in [0.1, 0.15) is 5.75 Å². The minimum atomic E-state index is 0.00250. The Morgan fingerprint density at radius 2 is 2.24 bits per heavy atom. The van der Waals surface area contributed by atoms with Gasteiger partial charge in [-0.05, 0) is 24.9 Å². The van der Waals surface area contributed by atoms with Crippen molar-refractivity contribution in [2.24, 2.45) is 5.92 Å². The van der Waals surface area contributed by atoms with Crippen LogP contribution in [0, 0.1) is 5.92 Å². The van der Waals surface area contributed by atoms with Crippen molar-refractivity contribution in [2.45, 2.75) is 18.9 Å². The molecule has 116 valence electrons. The third kappa shape index (κ3) is 3.67. The Kier molecular flexibility index (Phi) is 5.45. The van der Waals surface area contributed by atoms with Gasteiger partial charge in [0.25, 0.3) is 0 Å². The summed E-state index contributed by atoms with van der Waals surface area (Å²) in [5.41, 5.74) is 6.62. The smallest absolute Gasteiger partial charge is 0.167 e. The minimum Gasteiger partial charge on any atom is -0.496 e. The second-order valence-electron chi connectivity index (χ2n) is 5.23. The highest BCUT2D eigenvalue weighted by Crippen LogP contribution is 2.31. The fraction of sp³-hybridized carbons (Fsp3) is 0.533. The number of rotatable bonds is 5. The van der Waals surface area contributed by atoms with Crippen LogP contribution in [0.15, 0.2) is 12.1 Å². The lowest BCUT2D eigenvalue weighted by molar-refractivity contribution is 0.0300. The first-order valence-corrected chi connectivity index (χ1v) is 7.34. The zero-order chi connectivity index (χ0) is 15.4. The monoisotopic (exact) mass is 312 g/mol. The molecule has 0 spiro atoms. The van der Waals surface area contributed by atoms with Crippen molar-refractivity contribution >= 4 is 23.1 Å². The Labute approximate surface area is 129 Å². The molecule has 1 aromatic carbocycles. The zero-order valence-corrected chi connectivity index (χ0v) is 13.1. The van der Waals surface area contributed by atoms with E-state index in [0.29, 0.717) is 28.4 Å². The van der Waals surface area contributed by atoms with E-state index in [4.69, 9.17) is 26.8 Å². The van der Waals surface area contributed by atoms with Gasteiger partial charge in [-0.3, -0.25) is 4.79 Å². The van der Waals surface area contributed by atoms with Crippen LogP contribution < -0.4 is 15.8 Å². The summed E-state index contributed by atoms with van der Waals surface area (Å²) in [4.78, 5) is 12.6. The maximum absolute atomic E-state index is 12.6. The number of ketones is 1. The summed E-state index contributed by atoms with van der Waals surface area (Å²) in [6.07, 6.45) is 1.38. The lowest BCUT2D eigenvalue weighted by Crippen LogP contribution is -2.42. The normalized spacial score (nSPS) is 22.0. The van der Waals surface area contributed by atoms with Crippen molar-refractivity contribution in [3.05, 3.63) is 22.7 Å². The number of hydrogen-bond acceptors (Lipinski definition) is 5. The van der Waals surface area contributed by atoms with Gasteiger partial charge in [-0.2, -0.15) is 0 Å². The number of carbonyl (C=O) groups is 1. The molecular formula is C15H21ClN2O3. The summed E-state index contributed by atoms with van der Waals surface area (Å²) in [5.74, 6) is 0.664. The van der Waals surface area contributed by atoms with Crippen LogP contribution in [0.25, 0.3) is 0 Å². The fourth-order valence-corrected chi connectivity index (χ4v) is 2.86. The lowest BCUT2D eigenvalue weighted by Gasteiger charge is -2.30. The number of carbonyl (C=O) groups excluding carboxylic acids is 1. The van der Waals surface area contributed by atoms with Crippen LogP contribution in [0.3, 0.4) is 0 Å². The molecule has 0 radical (unpaired) electrons. The molecule has 1 saturated heterocycles. The van der Waals surface area contributed by atoms with E-state index >= 15 is 0 Å². The van der Waals surface area contributed by atoms with E-state index in [0.717, 1.165) is 19.5 Å². The molecule has 1 aliphatic heterocycles. The van der Waals surface area contributed by atoms with Gasteiger partial charge in [-0.1, -0.05) is 11.6 Å². The molecule has 21 heavy (non-hydrogen) atoms. The third-order valence-electron chi connectivity index (χ3n) is 3.93. The molecular weight excluding hydrogens is 292 g/mol. The van der Waals surface area contributed by atoms with Gasteiger partial charge in [-0.25, -0.2) is 0 Å². The molecule has 3 N–H and O–H groups in total. The number of methoxy groups -OCH3 is 2. The van der Waals surface area contributed by atoms with Gasteiger partial charge >= 0.3 is 0 Å². The van der Waals surface area contributed by atoms with Crippen molar-refractivity contribution in [1.29, 1.82) is 0 Å². The predicted octanol–water partition coefficient (Wildman–Crippen LogP) is 2.13. The highest BCUT2D eigenvalue weighted by Gasteiger charge is 2.28. The highest BCUT2D eigenvalue weighted by atomic mass is 35.5. The Hall–Kier alpha value is -1.30. The van der Waals surface area contributed by atoms with E-state index in [9.17, 15) is 4.79 Å². The quantitative estimate of drug-likeness (QED) is 0.643. The molecule has 5 nitrogen and oxygen atoms in total. The van der Waals surface area contributed by atoms with Crippen molar-refractivity contribution in [2.75, 3.05) is 33.0 Å². The van der Waals surface area contributed by atoms with Crippen LogP contribution in [0.5, 0.6) is 5.75 Å². The average Bonchev–Trinajstić information content (AvgIpc) is 2.50. The van der Waals surface area contributed by atoms with Crippen LogP contribution >= 0.6 is 11.6 Å². The molecule has 0 saturated carbocycles. The lowest BCUT2D eigenvalue weighted by atomic mass is 9.88. The molecule has 0 aromatic heterocycles. The number of anilines is 1. The summed E-state index contributed by atoms with van der Waals surface area (Å²) in [7, 11) is 3.19. The van der Waals surface area contributed by atoms with Crippen molar-refractivity contribution in [3.8, 4) is 5.75 Å². The molecule has 1 fully saturated rings. The summed E-state index contributed by atoms with van der Waals surface area (Å²) in [5, 5.41) is 3.64. The Morgan fingerprint density at radius 1 is 1.48 bits per heavy atom. The largest absolute Gasteiger partial charge is 0.496 e. The maximum atomic E-state index is 12.6. The SMILES string of the molecule is COc1cc(N)c(Cl)cc1C(=O)C[C@@H]1CCNC[C@@H]1OC. The third-order valence-corrected chi connectivity index (χ3v) is 4.26. The fourth-order valence-electron chi connectivity index (χ4n) is 2.70. The first-order valence-electron chi connectivity index (χ1n) is 6.96. The number of nitrogens with one attached hydrogen (secondary N) is 1. The van der Waals surface area contributed by atoms with Gasteiger partial charge < -0.3 is 20.5 Å². The van der Waals surface area contributed by atoms with E-state index in [-0.39, 0.29) is 17.8 Å². The topological polar surface area (TPSA) is 73.6 Å². The summed E-state index contributed by atoms with van der Waals surface area (Å²) in [6, 6.07) is 3.17. The van der Waals surface area contributed by atoms with E-state index in [1.165, 1.54) is 7.11 Å². The molecule has 6 heteroatoms. The molecule has 0 aliphatic carbocycles. The van der Waals surface area contributed by atoms with Gasteiger partial charge in [0.15, 0.2) is 5.78 Å². The van der Waals surface area contributed by atoms with Gasteiger partial charge in [0.2, 0.25) is 0 Å². The van der Waals surface area contributed by atoms with Crippen LogP contribution in [0.1, 0.15) is 23.2 Å². The molecule has 0 unspecified atom stereocenters. The molecule has 0 amide bonds. The van der Waals surface area contributed by atoms with Crippen molar-refractivity contribution in [1.82, 2.24) is 5.32 Å². The summed E-state index contributed by atoms with van der Waals surface area (Å²) >= 11 is 6.02. The van der Waals surface area contributed by atoms with Gasteiger partial charge in [-0.15, -0.1) is 0 Å². The molecule has 1 aliphatic rings. The zero-order valence-electron chi connectivity index (χ0n) is 12.3. The first-order chi connectivity index (χ1) is 10.1. The number of piperidine rings is 1. The predicted molar refractivity (Wildman–Crippen MR) is 83.1 cm³/mol. The Bertz CT molecular complexity index is 522. The van der Waals surface area contributed by atoms with Crippen LogP contribution in [-0.2, 0) is 4.74 Å². The molecule has 1 heterocycles. The molecule has 2 atom stereocenters. The highest BCUT2D eigenvalue weighted by molar-refractivity contribution is 6.33. The Balaban J connectivity index is 2.18. The van der Waals surface area contributed by atoms with Gasteiger partial charge in [0, 0.05) is 26.1 Å². The van der Waals surface area contributed by atoms with Crippen LogP contribution in [-0.4, -0.2) is 39.2 Å². The number of nitrogen functional groups attached to an aromatic ring is 1. The van der Waals surface area contributed by atoms with E-state index in [1.54, 1.807) is 19.2 Å². The average molecular weight is 313 g/mol. The van der Waals surface area contributed by atoms with Gasteiger partial charge in [0.05, 0.1) is 29.5 Å². The second kappa shape index (κ2) is 7.11. The summed E-state index contributed by atoms with van der Waals surface area (Å²) < 4.78 is 10.7. The maximum Gasteiger partial charge on any atom is 0.167 e. The number of halogens is 1. The number of hydrogen-bond donors (Lipinski definition) is 2. The standard InChI is InChI=1S/C15H21ClN2O3/c1-20-14-7-12(17)11(16)6-10(14)13(19)5-9-3-4-18-8-15(9)21-2/h6-7,9,15,18H,3-5,8,17H2,1-2H3/t9-,15-/m0/s1. The molecule has 2 rings (SSSR count). The Morgan fingerprint density at radius 3 is 2.90 bits per heavy atom. The molecule has 1 aromatic rings. The van der Waals surface area contributed by atoms with Crippen LogP contribution in [0.2, 0.25) is 5.02 Å². The number of Topliss-reactive ketones (excluding diaryl/α,β-unsaturated/α-hetero) is 1. The van der Waals surface area contributed by atoms with E-state index < -0.39 is 0 Å². The van der Waals surface area contributed by atoms with Crippen LogP contribution in [0.4, 0.5) is 5.69 Å². The van der Waals surface area contributed by atoms with Crippen molar-refractivity contribution in [3.63, 3.8) is 0 Å². The second-order valence-corrected chi connectivity index (χ2v) is 5.64. The van der Waals surface area contributed by atoms with E-state index in [2.05, 4.69) is 5.32 Å². The number of ether oxygens (including phenoxy) is 2. The summed E-state index contributed by atoms with van der Waals surface area (Å²) in [6.45, 7) is 1.67. The minimum absolute atomic E-state index is 0.00250. The molecule has 0 bridgehead atoms. The number of benzene rings is 1. The van der Waals surface area contributed by atoms with E-state index in [1.807, 2.05) is 0 Å². The number of nitrogens with two attached hydrogens (primary N) is 1.